The Morgan fingerprint density at radius 3 is 3.00 bits per heavy atom. The summed E-state index contributed by atoms with van der Waals surface area (Å²) >= 11 is 0. The fourth-order valence-electron chi connectivity index (χ4n) is 1.81. The average Bonchev–Trinajstić information content (AvgIpc) is 2.96. The number of anilines is 1. The zero-order chi connectivity index (χ0) is 13.9. The molecule has 6 heteroatoms. The molecule has 20 heavy (non-hydrogen) atoms. The SMILES string of the molecule is COc1cc(C(=O)Nc2ccc3ncccc3c2)on1. The summed E-state index contributed by atoms with van der Waals surface area (Å²) in [5.41, 5.74) is 1.53. The Morgan fingerprint density at radius 1 is 1.30 bits per heavy atom. The largest absolute Gasteiger partial charge is 0.479 e. The van der Waals surface area contributed by atoms with Crippen molar-refractivity contribution in [1.29, 1.82) is 0 Å². The first-order chi connectivity index (χ1) is 9.76. The number of fused-ring (bicyclic) bond motifs is 1. The van der Waals surface area contributed by atoms with Gasteiger partial charge in [-0.2, -0.15) is 0 Å². The predicted octanol–water partition coefficient (Wildman–Crippen LogP) is 2.48. The summed E-state index contributed by atoms with van der Waals surface area (Å²) in [5, 5.41) is 7.26. The summed E-state index contributed by atoms with van der Waals surface area (Å²) in [6, 6.07) is 10.7. The van der Waals surface area contributed by atoms with Gasteiger partial charge in [0.15, 0.2) is 0 Å². The highest BCUT2D eigenvalue weighted by Crippen LogP contribution is 2.18. The van der Waals surface area contributed by atoms with Gasteiger partial charge in [-0.3, -0.25) is 9.78 Å². The monoisotopic (exact) mass is 269 g/mol. The number of ether oxygens (including phenoxy) is 1. The molecule has 0 atom stereocenters. The summed E-state index contributed by atoms with van der Waals surface area (Å²) in [7, 11) is 1.45. The Morgan fingerprint density at radius 2 is 2.20 bits per heavy atom. The molecule has 1 aromatic carbocycles. The molecule has 0 spiro atoms. The molecule has 1 N–H and O–H groups in total. The average molecular weight is 269 g/mol. The predicted molar refractivity (Wildman–Crippen MR) is 72.8 cm³/mol. The van der Waals surface area contributed by atoms with Gasteiger partial charge in [-0.1, -0.05) is 6.07 Å². The molecule has 3 aromatic rings. The van der Waals surface area contributed by atoms with Crippen molar-refractivity contribution in [2.24, 2.45) is 0 Å². The number of nitrogens with zero attached hydrogens (tertiary/aromatic N) is 2. The zero-order valence-corrected chi connectivity index (χ0v) is 10.7. The number of benzene rings is 1. The molecular weight excluding hydrogens is 258 g/mol. The Balaban J connectivity index is 1.83. The highest BCUT2D eigenvalue weighted by Gasteiger charge is 2.13. The molecule has 100 valence electrons. The van der Waals surface area contributed by atoms with Crippen molar-refractivity contribution >= 4 is 22.5 Å². The maximum Gasteiger partial charge on any atom is 0.294 e. The van der Waals surface area contributed by atoms with Crippen molar-refractivity contribution in [2.75, 3.05) is 12.4 Å². The third-order valence-electron chi connectivity index (χ3n) is 2.78. The summed E-state index contributed by atoms with van der Waals surface area (Å²) in [5.74, 6) is -0.0324. The van der Waals surface area contributed by atoms with Crippen LogP contribution in [0.3, 0.4) is 0 Å². The van der Waals surface area contributed by atoms with Gasteiger partial charge in [-0.25, -0.2) is 0 Å². The molecule has 0 radical (unpaired) electrons. The van der Waals surface area contributed by atoms with Gasteiger partial charge in [-0.15, -0.1) is 0 Å². The number of hydrogen-bond donors (Lipinski definition) is 1. The third-order valence-corrected chi connectivity index (χ3v) is 2.78. The van der Waals surface area contributed by atoms with E-state index in [1.165, 1.54) is 13.2 Å². The molecule has 0 aliphatic heterocycles. The number of hydrogen-bond acceptors (Lipinski definition) is 5. The number of rotatable bonds is 3. The topological polar surface area (TPSA) is 77.2 Å². The summed E-state index contributed by atoms with van der Waals surface area (Å²) in [6.45, 7) is 0. The van der Waals surface area contributed by atoms with Crippen LogP contribution in [0.1, 0.15) is 10.6 Å². The normalized spacial score (nSPS) is 10.4. The van der Waals surface area contributed by atoms with Crippen LogP contribution < -0.4 is 10.1 Å². The van der Waals surface area contributed by atoms with Gasteiger partial charge in [0.2, 0.25) is 5.76 Å². The molecule has 0 unspecified atom stereocenters. The van der Waals surface area contributed by atoms with Gasteiger partial charge in [0.25, 0.3) is 11.8 Å². The van der Waals surface area contributed by atoms with E-state index in [9.17, 15) is 4.79 Å². The van der Waals surface area contributed by atoms with E-state index in [0.717, 1.165) is 10.9 Å². The number of aromatic nitrogens is 2. The number of methoxy groups -OCH3 is 1. The van der Waals surface area contributed by atoms with Gasteiger partial charge < -0.3 is 14.6 Å². The van der Waals surface area contributed by atoms with Gasteiger partial charge >= 0.3 is 0 Å². The molecule has 2 aromatic heterocycles. The Hall–Kier alpha value is -2.89. The van der Waals surface area contributed by atoms with Crippen molar-refractivity contribution in [3.05, 3.63) is 48.4 Å². The summed E-state index contributed by atoms with van der Waals surface area (Å²) < 4.78 is 9.74. The molecule has 0 saturated carbocycles. The minimum Gasteiger partial charge on any atom is -0.479 e. The lowest BCUT2D eigenvalue weighted by Crippen LogP contribution is -2.10. The van der Waals surface area contributed by atoms with Crippen molar-refractivity contribution < 1.29 is 14.1 Å². The van der Waals surface area contributed by atoms with Crippen LogP contribution in [0.4, 0.5) is 5.69 Å². The molecular formula is C14H11N3O3. The van der Waals surface area contributed by atoms with E-state index >= 15 is 0 Å². The van der Waals surface area contributed by atoms with Crippen molar-refractivity contribution in [3.8, 4) is 5.88 Å². The lowest BCUT2D eigenvalue weighted by Gasteiger charge is -2.03. The number of amides is 1. The van der Waals surface area contributed by atoms with Crippen LogP contribution in [0.2, 0.25) is 0 Å². The fourth-order valence-corrected chi connectivity index (χ4v) is 1.81. The van der Waals surface area contributed by atoms with E-state index in [1.807, 2.05) is 24.3 Å². The highest BCUT2D eigenvalue weighted by molar-refractivity contribution is 6.03. The molecule has 6 nitrogen and oxygen atoms in total. The van der Waals surface area contributed by atoms with Crippen molar-refractivity contribution in [2.45, 2.75) is 0 Å². The summed E-state index contributed by atoms with van der Waals surface area (Å²) in [6.07, 6.45) is 1.72. The first-order valence-corrected chi connectivity index (χ1v) is 5.93. The van der Waals surface area contributed by atoms with E-state index < -0.39 is 0 Å². The maximum absolute atomic E-state index is 12.0. The number of nitrogens with one attached hydrogen (secondary N) is 1. The van der Waals surface area contributed by atoms with Gasteiger partial charge in [0.05, 0.1) is 18.7 Å². The minimum absolute atomic E-state index is 0.0909. The van der Waals surface area contributed by atoms with Gasteiger partial charge in [-0.05, 0) is 29.4 Å². The van der Waals surface area contributed by atoms with Crippen LogP contribution in [0.5, 0.6) is 5.88 Å². The Kier molecular flexibility index (Phi) is 3.04. The van der Waals surface area contributed by atoms with Crippen LogP contribution in [0.15, 0.2) is 47.1 Å². The molecule has 0 aliphatic carbocycles. The van der Waals surface area contributed by atoms with E-state index in [4.69, 9.17) is 9.26 Å². The van der Waals surface area contributed by atoms with Crippen LogP contribution in [-0.2, 0) is 0 Å². The molecule has 3 rings (SSSR count). The molecule has 0 bridgehead atoms. The van der Waals surface area contributed by atoms with Crippen LogP contribution in [0, 0.1) is 0 Å². The number of carbonyl (C=O) groups excluding carboxylic acids is 1. The lowest BCUT2D eigenvalue weighted by atomic mass is 10.2. The molecule has 0 saturated heterocycles. The second kappa shape index (κ2) is 5.00. The summed E-state index contributed by atoms with van der Waals surface area (Å²) in [4.78, 5) is 16.2. The lowest BCUT2D eigenvalue weighted by molar-refractivity contribution is 0.0987. The Bertz CT molecular complexity index is 767. The van der Waals surface area contributed by atoms with E-state index in [2.05, 4.69) is 15.5 Å². The van der Waals surface area contributed by atoms with Gasteiger partial charge in [0.1, 0.15) is 0 Å². The van der Waals surface area contributed by atoms with Crippen LogP contribution >= 0.6 is 0 Å². The Labute approximate surface area is 114 Å². The second-order valence-corrected chi connectivity index (χ2v) is 4.10. The van der Waals surface area contributed by atoms with Crippen molar-refractivity contribution in [3.63, 3.8) is 0 Å². The number of carbonyl (C=O) groups is 1. The standard InChI is InChI=1S/C14H11N3O3/c1-19-13-8-12(20-17-13)14(18)16-10-4-5-11-9(7-10)3-2-6-15-11/h2-8H,1H3,(H,16,18). The number of pyridine rings is 1. The third kappa shape index (κ3) is 2.31. The molecule has 0 aliphatic rings. The first kappa shape index (κ1) is 12.2. The molecule has 2 heterocycles. The van der Waals surface area contributed by atoms with E-state index in [1.54, 1.807) is 12.3 Å². The minimum atomic E-state index is -0.385. The molecule has 1 amide bonds. The van der Waals surface area contributed by atoms with Crippen LogP contribution in [0.25, 0.3) is 10.9 Å². The van der Waals surface area contributed by atoms with Crippen molar-refractivity contribution in [1.82, 2.24) is 10.1 Å². The van der Waals surface area contributed by atoms with E-state index in [0.29, 0.717) is 5.69 Å². The molecule has 0 fully saturated rings. The second-order valence-electron chi connectivity index (χ2n) is 4.10. The maximum atomic E-state index is 12.0. The fraction of sp³-hybridized carbons (Fsp3) is 0.0714. The smallest absolute Gasteiger partial charge is 0.294 e. The van der Waals surface area contributed by atoms with E-state index in [-0.39, 0.29) is 17.5 Å². The van der Waals surface area contributed by atoms with Crippen LogP contribution in [-0.4, -0.2) is 23.2 Å². The quantitative estimate of drug-likeness (QED) is 0.790. The first-order valence-electron chi connectivity index (χ1n) is 5.93. The van der Waals surface area contributed by atoms with Gasteiger partial charge in [0, 0.05) is 17.3 Å². The highest BCUT2D eigenvalue weighted by atomic mass is 16.5. The zero-order valence-electron chi connectivity index (χ0n) is 10.7.